The third-order valence-electron chi connectivity index (χ3n) is 6.62. The smallest absolute Gasteiger partial charge is 0.306 e. The number of fused-ring (bicyclic) bond motifs is 2. The summed E-state index contributed by atoms with van der Waals surface area (Å²) in [5.41, 5.74) is 1.86. The number of benzene rings is 2. The lowest BCUT2D eigenvalue weighted by Crippen LogP contribution is -2.24. The molecule has 5 heteroatoms. The minimum absolute atomic E-state index is 0.0849. The van der Waals surface area contributed by atoms with Crippen LogP contribution in [-0.2, 0) is 9.53 Å². The molecule has 0 radical (unpaired) electrons. The number of carbonyl (C=O) groups is 2. The first-order valence-corrected chi connectivity index (χ1v) is 12.8. The van der Waals surface area contributed by atoms with E-state index in [4.69, 9.17) is 4.74 Å². The second-order valence-corrected chi connectivity index (χ2v) is 9.47. The summed E-state index contributed by atoms with van der Waals surface area (Å²) in [5, 5.41) is 20.8. The monoisotopic (exact) mass is 466 g/mol. The summed E-state index contributed by atoms with van der Waals surface area (Å²) in [6.45, 7) is 4.05. The number of unbranched alkanes of at least 4 members (excludes halogenated alkanes) is 10. The van der Waals surface area contributed by atoms with Gasteiger partial charge in [0.05, 0.1) is 11.1 Å². The number of rotatable bonds is 13. The molecule has 0 heterocycles. The largest absolute Gasteiger partial charge is 0.507 e. The molecular formula is C29H38O5. The highest BCUT2D eigenvalue weighted by Crippen LogP contribution is 2.44. The van der Waals surface area contributed by atoms with Gasteiger partial charge in [0.1, 0.15) is 11.5 Å². The zero-order valence-electron chi connectivity index (χ0n) is 20.6. The lowest BCUT2D eigenvalue weighted by molar-refractivity contribution is -0.147. The Bertz CT molecular complexity index is 994. The Labute approximate surface area is 203 Å². The van der Waals surface area contributed by atoms with Gasteiger partial charge in [0.2, 0.25) is 5.78 Å². The van der Waals surface area contributed by atoms with E-state index < -0.39 is 11.9 Å². The normalized spacial score (nSPS) is 14.5. The van der Waals surface area contributed by atoms with E-state index in [1.54, 1.807) is 18.2 Å². The van der Waals surface area contributed by atoms with Crippen molar-refractivity contribution in [2.45, 2.75) is 97.0 Å². The van der Waals surface area contributed by atoms with Gasteiger partial charge in [0.25, 0.3) is 0 Å². The maximum absolute atomic E-state index is 13.0. The molecule has 1 aliphatic rings. The third kappa shape index (κ3) is 6.40. The molecule has 0 fully saturated rings. The number of phenolic OH excluding ortho intramolecular Hbond substituents is 2. The van der Waals surface area contributed by atoms with E-state index in [9.17, 15) is 19.8 Å². The minimum atomic E-state index is -0.833. The summed E-state index contributed by atoms with van der Waals surface area (Å²) in [6, 6.07) is 8.02. The average Bonchev–Trinajstić information content (AvgIpc) is 2.79. The van der Waals surface area contributed by atoms with Gasteiger partial charge in [-0.3, -0.25) is 9.59 Å². The molecular weight excluding hydrogens is 428 g/mol. The molecule has 1 atom stereocenters. The molecule has 2 N–H and O–H groups in total. The number of ether oxygens (including phenoxy) is 1. The highest BCUT2D eigenvalue weighted by molar-refractivity contribution is 6.15. The fourth-order valence-electron chi connectivity index (χ4n) is 4.82. The van der Waals surface area contributed by atoms with Crippen LogP contribution in [0.4, 0.5) is 0 Å². The van der Waals surface area contributed by atoms with Crippen molar-refractivity contribution in [3.63, 3.8) is 0 Å². The Morgan fingerprint density at radius 2 is 1.41 bits per heavy atom. The van der Waals surface area contributed by atoms with Gasteiger partial charge in [-0.25, -0.2) is 0 Å². The molecule has 184 valence electrons. The predicted octanol–water partition coefficient (Wildman–Crippen LogP) is 7.28. The van der Waals surface area contributed by atoms with E-state index >= 15 is 0 Å². The number of ketones is 1. The first-order chi connectivity index (χ1) is 16.4. The van der Waals surface area contributed by atoms with Crippen LogP contribution in [0.5, 0.6) is 11.5 Å². The Morgan fingerprint density at radius 1 is 0.824 bits per heavy atom. The third-order valence-corrected chi connectivity index (χ3v) is 6.62. The van der Waals surface area contributed by atoms with Crippen molar-refractivity contribution in [1.82, 2.24) is 0 Å². The van der Waals surface area contributed by atoms with Gasteiger partial charge in [-0.1, -0.05) is 89.3 Å². The van der Waals surface area contributed by atoms with Crippen molar-refractivity contribution in [2.24, 2.45) is 0 Å². The number of esters is 1. The Kier molecular flexibility index (Phi) is 9.55. The van der Waals surface area contributed by atoms with Crippen molar-refractivity contribution in [2.75, 3.05) is 0 Å². The van der Waals surface area contributed by atoms with Crippen LogP contribution in [-0.4, -0.2) is 22.0 Å². The quantitative estimate of drug-likeness (QED) is 0.239. The first-order valence-electron chi connectivity index (χ1n) is 12.8. The van der Waals surface area contributed by atoms with E-state index in [0.717, 1.165) is 24.8 Å². The molecule has 0 saturated carbocycles. The van der Waals surface area contributed by atoms with Crippen molar-refractivity contribution in [3.05, 3.63) is 58.1 Å². The highest BCUT2D eigenvalue weighted by atomic mass is 16.5. The lowest BCUT2D eigenvalue weighted by atomic mass is 9.81. The SMILES string of the molecule is CCCCCCCCCCCCCC(=O)O[C@@H]1c2cccc(O)c2C(=O)c2c(O)cc(C)cc21. The molecule has 0 saturated heterocycles. The topological polar surface area (TPSA) is 83.8 Å². The molecule has 34 heavy (non-hydrogen) atoms. The van der Waals surface area contributed by atoms with Gasteiger partial charge in [0.15, 0.2) is 6.10 Å². The lowest BCUT2D eigenvalue weighted by Gasteiger charge is -2.28. The Hall–Kier alpha value is -2.82. The number of phenols is 2. The van der Waals surface area contributed by atoms with Gasteiger partial charge >= 0.3 is 5.97 Å². The summed E-state index contributed by atoms with van der Waals surface area (Å²) in [7, 11) is 0. The van der Waals surface area contributed by atoms with Crippen LogP contribution >= 0.6 is 0 Å². The molecule has 5 nitrogen and oxygen atoms in total. The van der Waals surface area contributed by atoms with Crippen molar-refractivity contribution in [3.8, 4) is 11.5 Å². The zero-order valence-corrected chi connectivity index (χ0v) is 20.6. The van der Waals surface area contributed by atoms with Crippen LogP contribution < -0.4 is 0 Å². The van der Waals surface area contributed by atoms with Gasteiger partial charge in [-0.2, -0.15) is 0 Å². The van der Waals surface area contributed by atoms with E-state index in [1.165, 1.54) is 63.5 Å². The van der Waals surface area contributed by atoms with Gasteiger partial charge in [-0.15, -0.1) is 0 Å². The summed E-state index contributed by atoms with van der Waals surface area (Å²) in [6.07, 6.45) is 12.7. The van der Waals surface area contributed by atoms with E-state index in [-0.39, 0.29) is 28.6 Å². The minimum Gasteiger partial charge on any atom is -0.507 e. The van der Waals surface area contributed by atoms with Crippen LogP contribution in [0.2, 0.25) is 0 Å². The molecule has 2 aromatic rings. The fourth-order valence-corrected chi connectivity index (χ4v) is 4.82. The Morgan fingerprint density at radius 3 is 2.06 bits per heavy atom. The van der Waals surface area contributed by atoms with Gasteiger partial charge in [-0.05, 0) is 31.0 Å². The fraction of sp³-hybridized carbons (Fsp3) is 0.517. The van der Waals surface area contributed by atoms with E-state index in [0.29, 0.717) is 17.5 Å². The average molecular weight is 467 g/mol. The maximum Gasteiger partial charge on any atom is 0.306 e. The molecule has 3 rings (SSSR count). The van der Waals surface area contributed by atoms with Crippen molar-refractivity contribution in [1.29, 1.82) is 0 Å². The molecule has 1 aliphatic carbocycles. The standard InChI is InChI=1S/C29H38O5/c1-3-4-5-6-7-8-9-10-11-12-13-17-25(32)34-29-21-15-14-16-23(30)26(21)28(33)27-22(29)18-20(2)19-24(27)31/h14-16,18-19,29-31H,3-13,17H2,1-2H3/t29-/m1/s1. The molecule has 0 bridgehead atoms. The van der Waals surface area contributed by atoms with E-state index in [1.807, 2.05) is 6.92 Å². The summed E-state index contributed by atoms with van der Waals surface area (Å²) in [4.78, 5) is 25.7. The van der Waals surface area contributed by atoms with Gasteiger partial charge < -0.3 is 14.9 Å². The molecule has 0 unspecified atom stereocenters. The molecule has 0 aliphatic heterocycles. The maximum atomic E-state index is 13.0. The number of hydrogen-bond acceptors (Lipinski definition) is 5. The second-order valence-electron chi connectivity index (χ2n) is 9.47. The predicted molar refractivity (Wildman–Crippen MR) is 133 cm³/mol. The first kappa shape index (κ1) is 25.8. The number of hydrogen-bond donors (Lipinski definition) is 2. The van der Waals surface area contributed by atoms with Crippen molar-refractivity contribution < 1.29 is 24.5 Å². The van der Waals surface area contributed by atoms with Crippen molar-refractivity contribution >= 4 is 11.8 Å². The van der Waals surface area contributed by atoms with Crippen LogP contribution in [0.3, 0.4) is 0 Å². The van der Waals surface area contributed by atoms with E-state index in [2.05, 4.69) is 6.92 Å². The summed E-state index contributed by atoms with van der Waals surface area (Å²) in [5.74, 6) is -1.14. The number of aromatic hydroxyl groups is 2. The van der Waals surface area contributed by atoms with Crippen LogP contribution in [0, 0.1) is 6.92 Å². The molecule has 2 aromatic carbocycles. The van der Waals surface area contributed by atoms with Gasteiger partial charge in [0, 0.05) is 17.5 Å². The molecule has 0 amide bonds. The number of carbonyl (C=O) groups excluding carboxylic acids is 2. The van der Waals surface area contributed by atoms with Crippen LogP contribution in [0.15, 0.2) is 30.3 Å². The number of aryl methyl sites for hydroxylation is 1. The second kappa shape index (κ2) is 12.6. The summed E-state index contributed by atoms with van der Waals surface area (Å²) >= 11 is 0. The highest BCUT2D eigenvalue weighted by Gasteiger charge is 2.37. The Balaban J connectivity index is 1.54. The molecule has 0 aromatic heterocycles. The van der Waals surface area contributed by atoms with Crippen LogP contribution in [0.25, 0.3) is 0 Å². The van der Waals surface area contributed by atoms with Crippen LogP contribution in [0.1, 0.15) is 123 Å². The zero-order chi connectivity index (χ0) is 24.5. The molecule has 0 spiro atoms. The summed E-state index contributed by atoms with van der Waals surface area (Å²) < 4.78 is 5.84.